The summed E-state index contributed by atoms with van der Waals surface area (Å²) < 4.78 is 5.81. The van der Waals surface area contributed by atoms with Gasteiger partial charge in [0.2, 0.25) is 0 Å². The molecule has 0 saturated heterocycles. The Hall–Kier alpha value is -1.14. The van der Waals surface area contributed by atoms with E-state index in [9.17, 15) is 14.7 Å². The number of carbonyl (C=O) groups is 2. The number of aliphatic carboxylic acids is 1. The predicted octanol–water partition coefficient (Wildman–Crippen LogP) is 1.41. The molecule has 6 nitrogen and oxygen atoms in total. The highest BCUT2D eigenvalue weighted by atomic mass is 16.5. The largest absolute Gasteiger partial charge is 0.481 e. The zero-order chi connectivity index (χ0) is 16.5. The van der Waals surface area contributed by atoms with E-state index < -0.39 is 12.1 Å². The number of likely N-dealkylation sites (N-methyl/N-ethyl adjacent to an activating group) is 1. The highest BCUT2D eigenvalue weighted by molar-refractivity contribution is 5.71. The Morgan fingerprint density at radius 2 is 1.81 bits per heavy atom. The summed E-state index contributed by atoms with van der Waals surface area (Å²) in [5.74, 6) is -1.33. The van der Waals surface area contributed by atoms with Gasteiger partial charge in [0.15, 0.2) is 6.10 Å². The lowest BCUT2D eigenvalue weighted by Gasteiger charge is -2.28. The van der Waals surface area contributed by atoms with Gasteiger partial charge < -0.3 is 19.4 Å². The Morgan fingerprint density at radius 3 is 2.29 bits per heavy atom. The molecule has 0 radical (unpaired) electrons. The molecule has 124 valence electrons. The maximum Gasteiger partial charge on any atom is 0.307 e. The molecule has 0 aliphatic carbocycles. The third-order valence-electron chi connectivity index (χ3n) is 3.09. The number of hydrogen-bond acceptors (Lipinski definition) is 4. The van der Waals surface area contributed by atoms with E-state index in [1.165, 1.54) is 0 Å². The Kier molecular flexibility index (Phi) is 9.21. The van der Waals surface area contributed by atoms with Crippen LogP contribution in [0.1, 0.15) is 45.4 Å². The normalized spacial score (nSPS) is 14.5. The monoisotopic (exact) mass is 304 g/mol. The first-order chi connectivity index (χ1) is 9.64. The first-order valence-corrected chi connectivity index (χ1v) is 7.53. The fourth-order valence-electron chi connectivity index (χ4n) is 2.05. The molecule has 0 aromatic rings. The van der Waals surface area contributed by atoms with Gasteiger partial charge in [-0.2, -0.15) is 0 Å². The van der Waals surface area contributed by atoms with E-state index in [0.29, 0.717) is 30.3 Å². The Bertz CT molecular complexity index is 325. The van der Waals surface area contributed by atoms with Gasteiger partial charge in [0, 0.05) is 6.42 Å². The fraction of sp³-hybridized carbons (Fsp3) is 0.867. The number of unbranched alkanes of at least 4 members (excludes halogenated alkanes) is 1. The third kappa shape index (κ3) is 12.3. The van der Waals surface area contributed by atoms with Gasteiger partial charge in [-0.3, -0.25) is 9.59 Å². The number of carboxylic acid groups (broad SMARTS) is 1. The van der Waals surface area contributed by atoms with E-state index in [1.807, 2.05) is 28.1 Å². The van der Waals surface area contributed by atoms with Crippen LogP contribution in [0.25, 0.3) is 0 Å². The summed E-state index contributed by atoms with van der Waals surface area (Å²) in [5.41, 5.74) is 0. The molecule has 0 spiro atoms. The van der Waals surface area contributed by atoms with E-state index in [2.05, 4.69) is 0 Å². The molecular formula is C15H30NO5+. The molecular weight excluding hydrogens is 274 g/mol. The van der Waals surface area contributed by atoms with Crippen molar-refractivity contribution in [3.8, 4) is 0 Å². The average Bonchev–Trinajstić information content (AvgIpc) is 2.31. The lowest BCUT2D eigenvalue weighted by molar-refractivity contribution is -0.873. The van der Waals surface area contributed by atoms with Crippen molar-refractivity contribution in [1.82, 2.24) is 0 Å². The fourth-order valence-corrected chi connectivity index (χ4v) is 2.05. The SMILES string of the molecule is CCC(O)CCCCC(=O)OC(CC(=O)O)C[N+](C)(C)C. The molecule has 2 unspecified atom stereocenters. The first-order valence-electron chi connectivity index (χ1n) is 7.53. The van der Waals surface area contributed by atoms with Crippen molar-refractivity contribution in [2.75, 3.05) is 27.7 Å². The minimum Gasteiger partial charge on any atom is -0.481 e. The van der Waals surface area contributed by atoms with Crippen molar-refractivity contribution >= 4 is 11.9 Å². The molecule has 0 saturated carbocycles. The summed E-state index contributed by atoms with van der Waals surface area (Å²) >= 11 is 0. The van der Waals surface area contributed by atoms with E-state index in [-0.39, 0.29) is 24.9 Å². The van der Waals surface area contributed by atoms with Gasteiger partial charge in [0.05, 0.1) is 33.7 Å². The molecule has 0 amide bonds. The molecule has 0 aliphatic rings. The molecule has 0 rings (SSSR count). The van der Waals surface area contributed by atoms with Gasteiger partial charge in [-0.15, -0.1) is 0 Å². The van der Waals surface area contributed by atoms with Crippen molar-refractivity contribution in [2.45, 2.75) is 57.7 Å². The van der Waals surface area contributed by atoms with Gasteiger partial charge in [-0.1, -0.05) is 13.3 Å². The highest BCUT2D eigenvalue weighted by Crippen LogP contribution is 2.10. The number of carbonyl (C=O) groups excluding carboxylic acids is 1. The quantitative estimate of drug-likeness (QED) is 0.342. The van der Waals surface area contributed by atoms with Gasteiger partial charge in [-0.05, 0) is 19.3 Å². The molecule has 2 N–H and O–H groups in total. The molecule has 0 aliphatic heterocycles. The van der Waals surface area contributed by atoms with Crippen molar-refractivity contribution in [3.05, 3.63) is 0 Å². The zero-order valence-electron chi connectivity index (χ0n) is 13.7. The predicted molar refractivity (Wildman–Crippen MR) is 79.8 cm³/mol. The van der Waals surface area contributed by atoms with Crippen LogP contribution in [-0.4, -0.2) is 66.5 Å². The summed E-state index contributed by atoms with van der Waals surface area (Å²) in [6.07, 6.45) is 2.01. The molecule has 21 heavy (non-hydrogen) atoms. The van der Waals surface area contributed by atoms with Crippen LogP contribution in [0.3, 0.4) is 0 Å². The van der Waals surface area contributed by atoms with Crippen LogP contribution in [-0.2, 0) is 14.3 Å². The topological polar surface area (TPSA) is 83.8 Å². The molecule has 0 fully saturated rings. The van der Waals surface area contributed by atoms with E-state index in [1.54, 1.807) is 0 Å². The lowest BCUT2D eigenvalue weighted by Crippen LogP contribution is -2.43. The summed E-state index contributed by atoms with van der Waals surface area (Å²) in [6.45, 7) is 2.38. The van der Waals surface area contributed by atoms with Gasteiger partial charge in [-0.25, -0.2) is 0 Å². The number of aliphatic hydroxyl groups is 1. The second-order valence-electron chi connectivity index (χ2n) is 6.49. The third-order valence-corrected chi connectivity index (χ3v) is 3.09. The number of nitrogens with zero attached hydrogens (tertiary/aromatic N) is 1. The van der Waals surface area contributed by atoms with Crippen molar-refractivity contribution in [3.63, 3.8) is 0 Å². The van der Waals surface area contributed by atoms with Crippen LogP contribution < -0.4 is 0 Å². The van der Waals surface area contributed by atoms with E-state index in [4.69, 9.17) is 9.84 Å². The van der Waals surface area contributed by atoms with Crippen molar-refractivity contribution < 1.29 is 29.0 Å². The second kappa shape index (κ2) is 9.73. The summed E-state index contributed by atoms with van der Waals surface area (Å²) in [4.78, 5) is 22.6. The maximum atomic E-state index is 11.8. The van der Waals surface area contributed by atoms with Crippen LogP contribution >= 0.6 is 0 Å². The van der Waals surface area contributed by atoms with Crippen molar-refractivity contribution in [2.24, 2.45) is 0 Å². The Morgan fingerprint density at radius 1 is 1.19 bits per heavy atom. The van der Waals surface area contributed by atoms with Gasteiger partial charge in [0.1, 0.15) is 6.54 Å². The minimum absolute atomic E-state index is 0.171. The number of carboxylic acids is 1. The number of ether oxygens (including phenoxy) is 1. The van der Waals surface area contributed by atoms with Crippen LogP contribution in [0.5, 0.6) is 0 Å². The first kappa shape index (κ1) is 19.9. The number of rotatable bonds is 11. The molecule has 0 heterocycles. The van der Waals surface area contributed by atoms with Gasteiger partial charge >= 0.3 is 11.9 Å². The molecule has 0 aromatic heterocycles. The number of quaternary nitrogens is 1. The smallest absolute Gasteiger partial charge is 0.307 e. The summed E-state index contributed by atoms with van der Waals surface area (Å²) in [5, 5.41) is 18.3. The average molecular weight is 304 g/mol. The molecule has 0 aromatic carbocycles. The summed E-state index contributed by atoms with van der Waals surface area (Å²) in [7, 11) is 5.78. The molecule has 6 heteroatoms. The lowest BCUT2D eigenvalue weighted by atomic mass is 10.1. The Labute approximate surface area is 127 Å². The van der Waals surface area contributed by atoms with Crippen LogP contribution in [0.4, 0.5) is 0 Å². The van der Waals surface area contributed by atoms with E-state index in [0.717, 1.165) is 6.42 Å². The number of esters is 1. The van der Waals surface area contributed by atoms with Crippen LogP contribution in [0.2, 0.25) is 0 Å². The standard InChI is InChI=1S/C15H29NO5/c1-5-12(17)8-6-7-9-15(20)21-13(10-14(18)19)11-16(2,3)4/h12-13,17H,5-11H2,1-4H3/p+1. The van der Waals surface area contributed by atoms with Gasteiger partial charge in [0.25, 0.3) is 0 Å². The maximum absolute atomic E-state index is 11.8. The Balaban J connectivity index is 4.12. The number of aliphatic hydroxyl groups excluding tert-OH is 1. The van der Waals surface area contributed by atoms with Crippen molar-refractivity contribution in [1.29, 1.82) is 0 Å². The summed E-state index contributed by atoms with van der Waals surface area (Å²) in [6, 6.07) is 0. The number of hydrogen-bond donors (Lipinski definition) is 2. The zero-order valence-corrected chi connectivity index (χ0v) is 13.7. The molecule has 0 bridgehead atoms. The van der Waals surface area contributed by atoms with E-state index >= 15 is 0 Å². The minimum atomic E-state index is -0.965. The van der Waals surface area contributed by atoms with Crippen LogP contribution in [0, 0.1) is 0 Å². The second-order valence-corrected chi connectivity index (χ2v) is 6.49. The molecule has 2 atom stereocenters. The highest BCUT2D eigenvalue weighted by Gasteiger charge is 2.24. The van der Waals surface area contributed by atoms with Crippen LogP contribution in [0.15, 0.2) is 0 Å².